The third kappa shape index (κ3) is 3.59. The number of amides is 1. The Morgan fingerprint density at radius 1 is 1.07 bits per heavy atom. The maximum Gasteiger partial charge on any atom is 0.410 e. The number of nitrogens with zero attached hydrogens (tertiary/aromatic N) is 1. The maximum absolute atomic E-state index is 12.7. The van der Waals surface area contributed by atoms with Crippen molar-refractivity contribution in [2.45, 2.75) is 56.9 Å². The number of carbonyl (C=O) groups is 1. The van der Waals surface area contributed by atoms with Gasteiger partial charge in [-0.3, -0.25) is 0 Å². The Kier molecular flexibility index (Phi) is 5.27. The first-order valence-corrected chi connectivity index (χ1v) is 10.0. The Hall–Kier alpha value is -2.53. The van der Waals surface area contributed by atoms with Crippen LogP contribution in [-0.4, -0.2) is 34.8 Å². The summed E-state index contributed by atoms with van der Waals surface area (Å²) in [6.07, 6.45) is 2.52. The van der Waals surface area contributed by atoms with Gasteiger partial charge in [-0.2, -0.15) is 0 Å². The van der Waals surface area contributed by atoms with Crippen molar-refractivity contribution >= 4 is 6.09 Å². The molecule has 1 amide bonds. The van der Waals surface area contributed by atoms with Gasteiger partial charge in [-0.25, -0.2) is 4.79 Å². The van der Waals surface area contributed by atoms with Crippen LogP contribution >= 0.6 is 0 Å². The van der Waals surface area contributed by atoms with Crippen molar-refractivity contribution in [1.29, 1.82) is 0 Å². The molecule has 2 unspecified atom stereocenters. The molecule has 2 saturated heterocycles. The smallest absolute Gasteiger partial charge is 0.410 e. The van der Waals surface area contributed by atoms with E-state index in [-0.39, 0.29) is 24.8 Å². The van der Waals surface area contributed by atoms with Gasteiger partial charge in [-0.1, -0.05) is 48.5 Å². The number of hydrogen-bond donors (Lipinski definition) is 1. The van der Waals surface area contributed by atoms with Crippen molar-refractivity contribution in [1.82, 2.24) is 4.90 Å². The van der Waals surface area contributed by atoms with Crippen molar-refractivity contribution < 1.29 is 19.4 Å². The molecule has 148 valence electrons. The number of benzene rings is 2. The fourth-order valence-corrected chi connectivity index (χ4v) is 4.67. The molecule has 0 saturated carbocycles. The van der Waals surface area contributed by atoms with Crippen LogP contribution < -0.4 is 4.74 Å². The van der Waals surface area contributed by atoms with E-state index >= 15 is 0 Å². The molecule has 1 N–H and O–H groups in total. The van der Waals surface area contributed by atoms with Crippen molar-refractivity contribution in [2.24, 2.45) is 0 Å². The highest BCUT2D eigenvalue weighted by Crippen LogP contribution is 2.48. The summed E-state index contributed by atoms with van der Waals surface area (Å²) in [4.78, 5) is 14.6. The second kappa shape index (κ2) is 7.84. The molecule has 4 rings (SSSR count). The molecule has 5 nitrogen and oxygen atoms in total. The lowest BCUT2D eigenvalue weighted by atomic mass is 9.80. The van der Waals surface area contributed by atoms with Crippen LogP contribution in [0.3, 0.4) is 0 Å². The Morgan fingerprint density at radius 3 is 2.39 bits per heavy atom. The van der Waals surface area contributed by atoms with E-state index in [9.17, 15) is 9.90 Å². The molecule has 2 fully saturated rings. The minimum absolute atomic E-state index is 0.0123. The number of carbonyl (C=O) groups excluding carboxylic acids is 1. The van der Waals surface area contributed by atoms with E-state index in [2.05, 4.69) is 0 Å². The van der Waals surface area contributed by atoms with Crippen molar-refractivity contribution in [3.63, 3.8) is 0 Å². The molecule has 0 aromatic heterocycles. The second-order valence-electron chi connectivity index (χ2n) is 7.70. The quantitative estimate of drug-likeness (QED) is 0.842. The van der Waals surface area contributed by atoms with Gasteiger partial charge in [0.2, 0.25) is 0 Å². The molecule has 0 spiro atoms. The van der Waals surface area contributed by atoms with E-state index in [4.69, 9.17) is 9.47 Å². The summed E-state index contributed by atoms with van der Waals surface area (Å²) in [6, 6.07) is 17.4. The molecule has 28 heavy (non-hydrogen) atoms. The Balaban J connectivity index is 1.48. The van der Waals surface area contributed by atoms with Gasteiger partial charge >= 0.3 is 6.09 Å². The molecule has 0 radical (unpaired) electrons. The van der Waals surface area contributed by atoms with Crippen molar-refractivity contribution in [3.05, 3.63) is 65.7 Å². The molecule has 5 heteroatoms. The van der Waals surface area contributed by atoms with E-state index in [1.165, 1.54) is 0 Å². The predicted octanol–water partition coefficient (Wildman–Crippen LogP) is 4.24. The molecule has 2 aromatic rings. The number of hydrogen-bond acceptors (Lipinski definition) is 4. The van der Waals surface area contributed by atoms with Gasteiger partial charge < -0.3 is 19.5 Å². The zero-order valence-electron chi connectivity index (χ0n) is 16.2. The average molecular weight is 381 g/mol. The summed E-state index contributed by atoms with van der Waals surface area (Å²) in [5.41, 5.74) is 0.821. The molecule has 2 aliphatic heterocycles. The van der Waals surface area contributed by atoms with E-state index < -0.39 is 5.60 Å². The van der Waals surface area contributed by atoms with Gasteiger partial charge in [0.1, 0.15) is 12.4 Å². The third-order valence-corrected chi connectivity index (χ3v) is 5.87. The van der Waals surface area contributed by atoms with Gasteiger partial charge in [0.15, 0.2) is 0 Å². The van der Waals surface area contributed by atoms with Gasteiger partial charge in [-0.15, -0.1) is 0 Å². The molecule has 2 aliphatic rings. The van der Waals surface area contributed by atoms with Gasteiger partial charge in [0.05, 0.1) is 12.2 Å². The molecular weight excluding hydrogens is 354 g/mol. The van der Waals surface area contributed by atoms with Crippen LogP contribution in [0.4, 0.5) is 4.79 Å². The third-order valence-electron chi connectivity index (χ3n) is 5.87. The lowest BCUT2D eigenvalue weighted by Gasteiger charge is -2.43. The monoisotopic (exact) mass is 381 g/mol. The summed E-state index contributed by atoms with van der Waals surface area (Å²) in [6.45, 7) is 2.76. The minimum Gasteiger partial charge on any atom is -0.493 e. The number of rotatable bonds is 5. The number of aliphatic hydroxyl groups is 1. The van der Waals surface area contributed by atoms with Crippen LogP contribution in [0, 0.1) is 0 Å². The highest BCUT2D eigenvalue weighted by atomic mass is 16.6. The van der Waals surface area contributed by atoms with E-state index in [1.54, 1.807) is 0 Å². The van der Waals surface area contributed by atoms with Crippen LogP contribution in [0.5, 0.6) is 5.75 Å². The fourth-order valence-electron chi connectivity index (χ4n) is 4.67. The van der Waals surface area contributed by atoms with Gasteiger partial charge in [-0.05, 0) is 31.4 Å². The molecule has 0 aliphatic carbocycles. The standard InChI is InChI=1S/C23H27NO4/c1-2-27-21-11-7-6-10-20(21)23(26)14-18-12-13-19(15-23)24(18)22(25)28-16-17-8-4-3-5-9-17/h3-11,18-19,26H,2,12-16H2,1H3. The number of piperidine rings is 1. The van der Waals surface area contributed by atoms with Crippen LogP contribution in [0.25, 0.3) is 0 Å². The average Bonchev–Trinajstić information content (AvgIpc) is 3.00. The number of fused-ring (bicyclic) bond motifs is 2. The molecule has 2 heterocycles. The fraction of sp³-hybridized carbons (Fsp3) is 0.435. The second-order valence-corrected chi connectivity index (χ2v) is 7.70. The lowest BCUT2D eigenvalue weighted by Crippen LogP contribution is -2.52. The van der Waals surface area contributed by atoms with Crippen LogP contribution in [0.15, 0.2) is 54.6 Å². The van der Waals surface area contributed by atoms with Gasteiger partial charge in [0.25, 0.3) is 0 Å². The highest BCUT2D eigenvalue weighted by Gasteiger charge is 2.51. The first kappa shape index (κ1) is 18.8. The predicted molar refractivity (Wildman–Crippen MR) is 106 cm³/mol. The van der Waals surface area contributed by atoms with Crippen LogP contribution in [0.2, 0.25) is 0 Å². The minimum atomic E-state index is -0.978. The van der Waals surface area contributed by atoms with Gasteiger partial charge in [0, 0.05) is 30.5 Å². The van der Waals surface area contributed by atoms with E-state index in [0.29, 0.717) is 19.4 Å². The van der Waals surface area contributed by atoms with E-state index in [1.807, 2.05) is 66.4 Å². The zero-order valence-corrected chi connectivity index (χ0v) is 16.2. The first-order valence-electron chi connectivity index (χ1n) is 10.0. The summed E-state index contributed by atoms with van der Waals surface area (Å²) >= 11 is 0. The summed E-state index contributed by atoms with van der Waals surface area (Å²) < 4.78 is 11.3. The van der Waals surface area contributed by atoms with Crippen molar-refractivity contribution in [3.8, 4) is 5.75 Å². The highest BCUT2D eigenvalue weighted by molar-refractivity contribution is 5.69. The Morgan fingerprint density at radius 2 is 1.71 bits per heavy atom. The number of ether oxygens (including phenoxy) is 2. The van der Waals surface area contributed by atoms with Crippen LogP contribution in [-0.2, 0) is 16.9 Å². The topological polar surface area (TPSA) is 59.0 Å². The molecular formula is C23H27NO4. The summed E-state index contributed by atoms with van der Waals surface area (Å²) in [5.74, 6) is 0.729. The number of para-hydroxylation sites is 1. The SMILES string of the molecule is CCOc1ccccc1C1(O)CC2CCC(C1)N2C(=O)OCc1ccccc1. The molecule has 2 atom stereocenters. The molecule has 2 aromatic carbocycles. The van der Waals surface area contributed by atoms with E-state index in [0.717, 1.165) is 29.7 Å². The van der Waals surface area contributed by atoms with Crippen LogP contribution in [0.1, 0.15) is 43.7 Å². The Labute approximate surface area is 165 Å². The molecule has 2 bridgehead atoms. The summed E-state index contributed by atoms with van der Waals surface area (Å²) in [7, 11) is 0. The Bertz CT molecular complexity index is 808. The first-order chi connectivity index (χ1) is 13.6. The largest absolute Gasteiger partial charge is 0.493 e. The van der Waals surface area contributed by atoms with Crippen molar-refractivity contribution in [2.75, 3.05) is 6.61 Å². The normalized spacial score (nSPS) is 26.1. The lowest BCUT2D eigenvalue weighted by molar-refractivity contribution is -0.0549. The summed E-state index contributed by atoms with van der Waals surface area (Å²) in [5, 5.41) is 11.5. The zero-order chi connectivity index (χ0) is 19.6. The maximum atomic E-state index is 12.7.